The third kappa shape index (κ3) is 33.8. The zero-order chi connectivity index (χ0) is 46.9. The van der Waals surface area contributed by atoms with Crippen molar-refractivity contribution < 1.29 is 56.8 Å². The van der Waals surface area contributed by atoms with Crippen LogP contribution in [0.5, 0.6) is 0 Å². The summed E-state index contributed by atoms with van der Waals surface area (Å²) >= 11 is 0. The van der Waals surface area contributed by atoms with E-state index in [0.29, 0.717) is 19.3 Å². The molecule has 0 amide bonds. The summed E-state index contributed by atoms with van der Waals surface area (Å²) in [5, 5.41) is 30.9. The zero-order valence-electron chi connectivity index (χ0n) is 38.6. The molecule has 0 spiro atoms. The normalized spacial score (nSPS) is 20.6. The minimum Gasteiger partial charge on any atom is -0.462 e. The molecule has 0 aliphatic carbocycles. The summed E-state index contributed by atoms with van der Waals surface area (Å²) in [5.74, 6) is -2.12. The van der Waals surface area contributed by atoms with Gasteiger partial charge in [-0.15, -0.1) is 0 Å². The second-order valence-electron chi connectivity index (χ2n) is 15.7. The molecule has 0 saturated carbocycles. The molecule has 64 heavy (non-hydrogen) atoms. The maximum Gasteiger partial charge on any atom is 0.306 e. The summed E-state index contributed by atoms with van der Waals surface area (Å²) in [7, 11) is -4.62. The lowest BCUT2D eigenvalue weighted by molar-refractivity contribution is -0.297. The first-order chi connectivity index (χ1) is 31.0. The van der Waals surface area contributed by atoms with Crippen molar-refractivity contribution in [3.63, 3.8) is 0 Å². The van der Waals surface area contributed by atoms with Crippen LogP contribution in [0.25, 0.3) is 0 Å². The van der Waals surface area contributed by atoms with Gasteiger partial charge in [-0.25, -0.2) is 0 Å². The van der Waals surface area contributed by atoms with Crippen molar-refractivity contribution >= 4 is 22.1 Å². The molecule has 13 heteroatoms. The summed E-state index contributed by atoms with van der Waals surface area (Å²) in [6.07, 6.45) is 45.6. The van der Waals surface area contributed by atoms with Gasteiger partial charge < -0.3 is 34.3 Å². The highest BCUT2D eigenvalue weighted by molar-refractivity contribution is 7.85. The van der Waals surface area contributed by atoms with Crippen LogP contribution >= 0.6 is 0 Å². The lowest BCUT2D eigenvalue weighted by atomic mass is 10.00. The van der Waals surface area contributed by atoms with Gasteiger partial charge in [0.1, 0.15) is 36.8 Å². The average molecular weight is 917 g/mol. The molecular formula is C51H80O12S. The van der Waals surface area contributed by atoms with E-state index in [1.807, 2.05) is 12.2 Å². The highest BCUT2D eigenvalue weighted by Crippen LogP contribution is 2.24. The fourth-order valence-electron chi connectivity index (χ4n) is 6.22. The van der Waals surface area contributed by atoms with E-state index in [4.69, 9.17) is 18.9 Å². The zero-order valence-corrected chi connectivity index (χ0v) is 39.4. The summed E-state index contributed by atoms with van der Waals surface area (Å²) in [6, 6.07) is 0. The predicted molar refractivity (Wildman–Crippen MR) is 256 cm³/mol. The number of carbonyl (C=O) groups is 2. The van der Waals surface area contributed by atoms with Crippen LogP contribution in [0.1, 0.15) is 142 Å². The van der Waals surface area contributed by atoms with Crippen LogP contribution in [0.2, 0.25) is 0 Å². The standard InChI is InChI=1S/C51H80O12S/c1-3-5-7-9-11-13-15-17-19-21-22-24-25-27-29-31-33-35-37-39-46(52)60-41-44(42-61-51-50(56)49(55)48(54)45(63-51)43-64(57,58)59)62-47(53)40-38-36-34-32-30-28-26-23-20-18-16-14-12-10-8-6-4-2/h5,7,11-14,17-20,22,24,26-29,32,34,44-45,48-51,54-56H,3-4,6,8-10,15-16,21,23,25,30-31,33,35-43H2,1-2H3,(H,57,58,59)/b7-5+,13-11+,14-12+,19-17+,20-18+,24-22+,28-26+,29-27+,34-32+/t44-,45-,48-,49?,50?,51+/m1/s1. The fourth-order valence-corrected chi connectivity index (χ4v) is 6.91. The Kier molecular flexibility index (Phi) is 36.1. The SMILES string of the molecule is CC/C=C/C/C=C/C/C=C/C/C=C/C/C=C/CCCCCC(=O)OC[C@H](CO[C@H]1O[C@H](CS(=O)(=O)O)[C@@H](O)C(O)C1O)OC(=O)CCC/C=C/C/C=C/C/C=C/C/C=C/CCCCC. The first-order valence-electron chi connectivity index (χ1n) is 23.4. The summed E-state index contributed by atoms with van der Waals surface area (Å²) < 4.78 is 54.0. The maximum atomic E-state index is 12.8. The Bertz CT molecular complexity index is 1590. The quantitative estimate of drug-likeness (QED) is 0.0200. The van der Waals surface area contributed by atoms with Gasteiger partial charge in [0.15, 0.2) is 12.4 Å². The van der Waals surface area contributed by atoms with Gasteiger partial charge in [-0.3, -0.25) is 14.1 Å². The molecule has 0 aromatic heterocycles. The number of rotatable bonds is 37. The molecule has 1 aliphatic heterocycles. The van der Waals surface area contributed by atoms with E-state index in [0.717, 1.165) is 77.0 Å². The molecule has 0 bridgehead atoms. The van der Waals surface area contributed by atoms with Crippen molar-refractivity contribution in [2.45, 2.75) is 179 Å². The Labute approximate surface area is 385 Å². The topological polar surface area (TPSA) is 186 Å². The number of carbonyl (C=O) groups excluding carboxylic acids is 2. The number of aliphatic hydroxyl groups is 3. The molecule has 12 nitrogen and oxygen atoms in total. The summed E-state index contributed by atoms with van der Waals surface area (Å²) in [4.78, 5) is 25.4. The Morgan fingerprint density at radius 2 is 1.00 bits per heavy atom. The number of unbranched alkanes of at least 4 members (excludes halogenated alkanes) is 7. The second-order valence-corrected chi connectivity index (χ2v) is 17.2. The minimum absolute atomic E-state index is 0.0737. The van der Waals surface area contributed by atoms with Crippen LogP contribution in [0.15, 0.2) is 109 Å². The number of ether oxygens (including phenoxy) is 4. The van der Waals surface area contributed by atoms with E-state index in [9.17, 15) is 37.9 Å². The molecular weight excluding hydrogens is 837 g/mol. The van der Waals surface area contributed by atoms with Gasteiger partial charge in [-0.1, -0.05) is 142 Å². The summed E-state index contributed by atoms with van der Waals surface area (Å²) in [6.45, 7) is 3.53. The Balaban J connectivity index is 2.51. The third-order valence-electron chi connectivity index (χ3n) is 9.84. The number of esters is 2. The van der Waals surface area contributed by atoms with Crippen molar-refractivity contribution in [3.8, 4) is 0 Å². The molecule has 2 unspecified atom stereocenters. The van der Waals surface area contributed by atoms with Crippen LogP contribution in [0.4, 0.5) is 0 Å². The Morgan fingerprint density at radius 1 is 0.547 bits per heavy atom. The van der Waals surface area contributed by atoms with Gasteiger partial charge in [0.25, 0.3) is 10.1 Å². The maximum absolute atomic E-state index is 12.8. The Hall–Kier alpha value is -3.69. The summed E-state index contributed by atoms with van der Waals surface area (Å²) in [5.41, 5.74) is 0. The lowest BCUT2D eigenvalue weighted by Gasteiger charge is -2.40. The molecule has 1 aliphatic rings. The van der Waals surface area contributed by atoms with Gasteiger partial charge in [-0.2, -0.15) is 8.42 Å². The highest BCUT2D eigenvalue weighted by atomic mass is 32.2. The molecule has 0 aromatic rings. The van der Waals surface area contributed by atoms with Crippen molar-refractivity contribution in [2.75, 3.05) is 19.0 Å². The van der Waals surface area contributed by atoms with Gasteiger partial charge in [0.05, 0.1) is 6.61 Å². The van der Waals surface area contributed by atoms with Crippen molar-refractivity contribution in [3.05, 3.63) is 109 Å². The molecule has 0 aromatic carbocycles. The first kappa shape index (κ1) is 58.3. The van der Waals surface area contributed by atoms with Crippen LogP contribution < -0.4 is 0 Å². The van der Waals surface area contributed by atoms with Crippen molar-refractivity contribution in [1.29, 1.82) is 0 Å². The highest BCUT2D eigenvalue weighted by Gasteiger charge is 2.46. The van der Waals surface area contributed by atoms with Crippen LogP contribution in [0, 0.1) is 0 Å². The number of hydrogen-bond acceptors (Lipinski definition) is 11. The average Bonchev–Trinajstić information content (AvgIpc) is 3.26. The van der Waals surface area contributed by atoms with Gasteiger partial charge in [0.2, 0.25) is 0 Å². The second kappa shape index (κ2) is 39.7. The molecule has 0 radical (unpaired) electrons. The van der Waals surface area contributed by atoms with E-state index in [1.54, 1.807) is 0 Å². The van der Waals surface area contributed by atoms with Crippen LogP contribution in [0.3, 0.4) is 0 Å². The first-order valence-corrected chi connectivity index (χ1v) is 25.1. The van der Waals surface area contributed by atoms with Crippen molar-refractivity contribution in [1.82, 2.24) is 0 Å². The van der Waals surface area contributed by atoms with Crippen LogP contribution in [-0.4, -0.2) is 96.0 Å². The number of aliphatic hydroxyl groups excluding tert-OH is 3. The van der Waals surface area contributed by atoms with Crippen molar-refractivity contribution in [2.24, 2.45) is 0 Å². The molecule has 362 valence electrons. The van der Waals surface area contributed by atoms with E-state index in [1.165, 1.54) is 19.3 Å². The molecule has 1 heterocycles. The number of allylic oxidation sites excluding steroid dienone is 18. The molecule has 1 saturated heterocycles. The Morgan fingerprint density at radius 3 is 1.48 bits per heavy atom. The van der Waals surface area contributed by atoms with E-state index in [-0.39, 0.29) is 19.4 Å². The smallest absolute Gasteiger partial charge is 0.306 e. The molecule has 6 atom stereocenters. The molecule has 4 N–H and O–H groups in total. The molecule has 1 rings (SSSR count). The largest absolute Gasteiger partial charge is 0.462 e. The van der Waals surface area contributed by atoms with Gasteiger partial charge in [-0.05, 0) is 96.3 Å². The van der Waals surface area contributed by atoms with E-state index >= 15 is 0 Å². The minimum atomic E-state index is -4.62. The fraction of sp³-hybridized carbons (Fsp3) is 0.608. The molecule has 1 fully saturated rings. The third-order valence-corrected chi connectivity index (χ3v) is 10.6. The van der Waals surface area contributed by atoms with Gasteiger partial charge in [0, 0.05) is 12.8 Å². The van der Waals surface area contributed by atoms with Crippen LogP contribution in [-0.2, 0) is 38.7 Å². The van der Waals surface area contributed by atoms with E-state index < -0.39 is 71.2 Å². The monoisotopic (exact) mass is 917 g/mol. The van der Waals surface area contributed by atoms with E-state index in [2.05, 4.69) is 111 Å². The van der Waals surface area contributed by atoms with Gasteiger partial charge >= 0.3 is 11.9 Å². The lowest BCUT2D eigenvalue weighted by Crippen LogP contribution is -2.60. The predicted octanol–water partition coefficient (Wildman–Crippen LogP) is 10.0. The number of hydrogen-bond donors (Lipinski definition) is 4.